The summed E-state index contributed by atoms with van der Waals surface area (Å²) in [6, 6.07) is 12.4. The molecule has 25 heavy (non-hydrogen) atoms. The molecule has 0 saturated heterocycles. The molecule has 2 aromatic rings. The van der Waals surface area contributed by atoms with Crippen LogP contribution in [0.1, 0.15) is 18.1 Å². The number of esters is 2. The summed E-state index contributed by atoms with van der Waals surface area (Å²) in [6.45, 7) is 1.31. The van der Waals surface area contributed by atoms with Gasteiger partial charge >= 0.3 is 11.9 Å². The molecule has 5 nitrogen and oxygen atoms in total. The SMILES string of the molecule is CC(=O)Oc1ccc(Br)cc1/C=C1\N=C(c2ccc(Br)cc2)OC1=O. The highest BCUT2D eigenvalue weighted by Gasteiger charge is 2.24. The molecule has 126 valence electrons. The molecule has 0 aliphatic carbocycles. The summed E-state index contributed by atoms with van der Waals surface area (Å²) in [5.74, 6) is -0.447. The summed E-state index contributed by atoms with van der Waals surface area (Å²) in [7, 11) is 0. The Morgan fingerprint density at radius 3 is 2.48 bits per heavy atom. The van der Waals surface area contributed by atoms with Crippen molar-refractivity contribution in [1.82, 2.24) is 0 Å². The fourth-order valence-electron chi connectivity index (χ4n) is 2.15. The minimum atomic E-state index is -0.563. The molecular weight excluding hydrogens is 454 g/mol. The first-order valence-electron chi connectivity index (χ1n) is 7.19. The van der Waals surface area contributed by atoms with Gasteiger partial charge in [0.2, 0.25) is 5.90 Å². The first-order chi connectivity index (χ1) is 11.9. The van der Waals surface area contributed by atoms with Crippen LogP contribution in [0, 0.1) is 0 Å². The molecular formula is C18H11Br2NO4. The van der Waals surface area contributed by atoms with Crippen LogP contribution in [-0.2, 0) is 14.3 Å². The number of ether oxygens (including phenoxy) is 2. The highest BCUT2D eigenvalue weighted by molar-refractivity contribution is 9.10. The van der Waals surface area contributed by atoms with Gasteiger partial charge in [-0.1, -0.05) is 31.9 Å². The van der Waals surface area contributed by atoms with Crippen molar-refractivity contribution in [3.05, 3.63) is 68.2 Å². The van der Waals surface area contributed by atoms with Gasteiger partial charge in [-0.3, -0.25) is 4.79 Å². The van der Waals surface area contributed by atoms with E-state index in [1.165, 1.54) is 13.0 Å². The van der Waals surface area contributed by atoms with E-state index >= 15 is 0 Å². The van der Waals surface area contributed by atoms with Gasteiger partial charge in [0.05, 0.1) is 0 Å². The van der Waals surface area contributed by atoms with Crippen molar-refractivity contribution in [1.29, 1.82) is 0 Å². The van der Waals surface area contributed by atoms with E-state index in [2.05, 4.69) is 36.9 Å². The molecule has 1 aliphatic heterocycles. The van der Waals surface area contributed by atoms with E-state index in [1.807, 2.05) is 12.1 Å². The van der Waals surface area contributed by atoms with Gasteiger partial charge in [0.25, 0.3) is 0 Å². The summed E-state index contributed by atoms with van der Waals surface area (Å²) in [5, 5.41) is 0. The molecule has 0 spiro atoms. The maximum absolute atomic E-state index is 12.1. The maximum Gasteiger partial charge on any atom is 0.363 e. The van der Waals surface area contributed by atoms with Gasteiger partial charge in [-0.2, -0.15) is 0 Å². The van der Waals surface area contributed by atoms with Crippen LogP contribution in [0.3, 0.4) is 0 Å². The van der Waals surface area contributed by atoms with Gasteiger partial charge in [-0.15, -0.1) is 0 Å². The highest BCUT2D eigenvalue weighted by atomic mass is 79.9. The van der Waals surface area contributed by atoms with Gasteiger partial charge in [0.1, 0.15) is 5.75 Å². The average Bonchev–Trinajstić information content (AvgIpc) is 2.91. The van der Waals surface area contributed by atoms with Gasteiger partial charge < -0.3 is 9.47 Å². The summed E-state index contributed by atoms with van der Waals surface area (Å²) < 4.78 is 12.1. The lowest BCUT2D eigenvalue weighted by Crippen LogP contribution is -2.05. The second kappa shape index (κ2) is 7.33. The van der Waals surface area contributed by atoms with Crippen LogP contribution in [0.5, 0.6) is 5.75 Å². The number of carbonyl (C=O) groups is 2. The van der Waals surface area contributed by atoms with E-state index in [0.29, 0.717) is 16.9 Å². The molecule has 0 unspecified atom stereocenters. The predicted molar refractivity (Wildman–Crippen MR) is 100 cm³/mol. The first-order valence-corrected chi connectivity index (χ1v) is 8.77. The van der Waals surface area contributed by atoms with E-state index in [-0.39, 0.29) is 11.6 Å². The summed E-state index contributed by atoms with van der Waals surface area (Å²) in [6.07, 6.45) is 1.53. The number of halogens is 2. The molecule has 0 atom stereocenters. The predicted octanol–water partition coefficient (Wildman–Crippen LogP) is 4.48. The van der Waals surface area contributed by atoms with Crippen molar-refractivity contribution >= 4 is 55.8 Å². The molecule has 1 aliphatic rings. The fraction of sp³-hybridized carbons (Fsp3) is 0.0556. The first kappa shape index (κ1) is 17.6. The normalized spacial score (nSPS) is 15.1. The molecule has 0 fully saturated rings. The third-order valence-electron chi connectivity index (χ3n) is 3.23. The molecule has 0 saturated carbocycles. The highest BCUT2D eigenvalue weighted by Crippen LogP contribution is 2.28. The number of aliphatic imine (C=N–C) groups is 1. The van der Waals surface area contributed by atoms with Gasteiger partial charge in [-0.25, -0.2) is 9.79 Å². The van der Waals surface area contributed by atoms with Crippen molar-refractivity contribution in [3.8, 4) is 5.75 Å². The molecule has 1 heterocycles. The van der Waals surface area contributed by atoms with Crippen molar-refractivity contribution in [2.75, 3.05) is 0 Å². The number of hydrogen-bond acceptors (Lipinski definition) is 5. The minimum absolute atomic E-state index is 0.129. The lowest BCUT2D eigenvalue weighted by molar-refractivity contribution is -0.132. The number of rotatable bonds is 3. The molecule has 7 heteroatoms. The van der Waals surface area contributed by atoms with Crippen LogP contribution in [0.2, 0.25) is 0 Å². The quantitative estimate of drug-likeness (QED) is 0.381. The van der Waals surface area contributed by atoms with Gasteiger partial charge in [0.15, 0.2) is 5.70 Å². The molecule has 3 rings (SSSR count). The number of cyclic esters (lactones) is 1. The van der Waals surface area contributed by atoms with Gasteiger partial charge in [-0.05, 0) is 48.5 Å². The van der Waals surface area contributed by atoms with Crippen molar-refractivity contribution in [2.24, 2.45) is 4.99 Å². The Balaban J connectivity index is 1.98. The van der Waals surface area contributed by atoms with E-state index in [4.69, 9.17) is 9.47 Å². The maximum atomic E-state index is 12.1. The average molecular weight is 465 g/mol. The topological polar surface area (TPSA) is 65.0 Å². The molecule has 0 amide bonds. The lowest BCUT2D eigenvalue weighted by Gasteiger charge is -2.06. The number of hydrogen-bond donors (Lipinski definition) is 0. The van der Waals surface area contributed by atoms with Crippen LogP contribution in [0.4, 0.5) is 0 Å². The Labute approximate surface area is 160 Å². The van der Waals surface area contributed by atoms with Crippen LogP contribution in [-0.4, -0.2) is 17.8 Å². The van der Waals surface area contributed by atoms with E-state index in [9.17, 15) is 9.59 Å². The van der Waals surface area contributed by atoms with Crippen molar-refractivity contribution in [3.63, 3.8) is 0 Å². The zero-order valence-corrected chi connectivity index (χ0v) is 16.1. The van der Waals surface area contributed by atoms with E-state index in [1.54, 1.807) is 30.3 Å². The van der Waals surface area contributed by atoms with Crippen LogP contribution < -0.4 is 4.74 Å². The van der Waals surface area contributed by atoms with E-state index < -0.39 is 11.9 Å². The van der Waals surface area contributed by atoms with Crippen molar-refractivity contribution < 1.29 is 19.1 Å². The Hall–Kier alpha value is -2.25. The lowest BCUT2D eigenvalue weighted by atomic mass is 10.1. The molecule has 0 bridgehead atoms. The Morgan fingerprint density at radius 2 is 1.80 bits per heavy atom. The fourth-order valence-corrected chi connectivity index (χ4v) is 2.80. The summed E-state index contributed by atoms with van der Waals surface area (Å²) in [5.41, 5.74) is 1.36. The Morgan fingerprint density at radius 1 is 1.12 bits per heavy atom. The van der Waals surface area contributed by atoms with E-state index in [0.717, 1.165) is 8.95 Å². The third-order valence-corrected chi connectivity index (χ3v) is 4.25. The minimum Gasteiger partial charge on any atom is -0.426 e. The molecule has 0 radical (unpaired) electrons. The van der Waals surface area contributed by atoms with Crippen LogP contribution >= 0.6 is 31.9 Å². The summed E-state index contributed by atoms with van der Waals surface area (Å²) >= 11 is 6.71. The third kappa shape index (κ3) is 4.24. The Bertz CT molecular complexity index is 917. The zero-order chi connectivity index (χ0) is 18.0. The standard InChI is InChI=1S/C18H11Br2NO4/c1-10(22)24-16-7-6-14(20)8-12(16)9-15-18(23)25-17(21-15)11-2-4-13(19)5-3-11/h2-9H,1H3/b15-9-. The Kier molecular flexibility index (Phi) is 5.15. The smallest absolute Gasteiger partial charge is 0.363 e. The number of nitrogens with zero attached hydrogens (tertiary/aromatic N) is 1. The monoisotopic (exact) mass is 463 g/mol. The number of benzene rings is 2. The molecule has 2 aromatic carbocycles. The summed E-state index contributed by atoms with van der Waals surface area (Å²) in [4.78, 5) is 27.6. The second-order valence-electron chi connectivity index (χ2n) is 5.12. The zero-order valence-electron chi connectivity index (χ0n) is 13.0. The van der Waals surface area contributed by atoms with Crippen LogP contribution in [0.15, 0.2) is 62.1 Å². The van der Waals surface area contributed by atoms with Crippen molar-refractivity contribution in [2.45, 2.75) is 6.92 Å². The molecule has 0 aromatic heterocycles. The van der Waals surface area contributed by atoms with Crippen LogP contribution in [0.25, 0.3) is 6.08 Å². The largest absolute Gasteiger partial charge is 0.426 e. The second-order valence-corrected chi connectivity index (χ2v) is 6.95. The number of carbonyl (C=O) groups excluding carboxylic acids is 2. The molecule has 0 N–H and O–H groups in total. The van der Waals surface area contributed by atoms with Gasteiger partial charge in [0, 0.05) is 27.0 Å².